The molecule has 0 spiro atoms. The van der Waals surface area contributed by atoms with Crippen LogP contribution in [0.4, 0.5) is 0 Å². The van der Waals surface area contributed by atoms with Gasteiger partial charge < -0.3 is 10.2 Å². The highest BCUT2D eigenvalue weighted by Gasteiger charge is 2.30. The van der Waals surface area contributed by atoms with Crippen LogP contribution in [0, 0.1) is 5.92 Å². The smallest absolute Gasteiger partial charge is 0.245 e. The summed E-state index contributed by atoms with van der Waals surface area (Å²) < 4.78 is 1.71. The molecule has 0 aromatic carbocycles. The molecule has 0 aliphatic carbocycles. The van der Waals surface area contributed by atoms with Crippen molar-refractivity contribution in [2.24, 2.45) is 13.0 Å². The Morgan fingerprint density at radius 2 is 2.20 bits per heavy atom. The summed E-state index contributed by atoms with van der Waals surface area (Å²) in [5.41, 5.74) is 0.846. The summed E-state index contributed by atoms with van der Waals surface area (Å²) in [6, 6.07) is 1.49. The van der Waals surface area contributed by atoms with Crippen LogP contribution in [-0.2, 0) is 23.2 Å². The molecular formula is C14H22N4O2. The Balaban J connectivity index is 2.10. The molecule has 1 aliphatic heterocycles. The van der Waals surface area contributed by atoms with Crippen LogP contribution in [0.25, 0.3) is 0 Å². The Labute approximate surface area is 119 Å². The van der Waals surface area contributed by atoms with Gasteiger partial charge in [0.25, 0.3) is 0 Å². The van der Waals surface area contributed by atoms with Gasteiger partial charge in [0.05, 0.1) is 12.2 Å². The van der Waals surface area contributed by atoms with E-state index in [1.54, 1.807) is 9.58 Å². The van der Waals surface area contributed by atoms with Crippen LogP contribution < -0.4 is 5.32 Å². The fourth-order valence-electron chi connectivity index (χ4n) is 2.43. The average molecular weight is 278 g/mol. The van der Waals surface area contributed by atoms with Crippen molar-refractivity contribution < 1.29 is 9.59 Å². The van der Waals surface area contributed by atoms with E-state index in [0.29, 0.717) is 31.8 Å². The molecule has 1 fully saturated rings. The van der Waals surface area contributed by atoms with Crippen molar-refractivity contribution in [3.63, 3.8) is 0 Å². The molecule has 0 saturated carbocycles. The van der Waals surface area contributed by atoms with Crippen molar-refractivity contribution in [2.75, 3.05) is 6.54 Å². The zero-order chi connectivity index (χ0) is 14.7. The number of carbonyl (C=O) groups excluding carboxylic acids is 2. The first kappa shape index (κ1) is 14.6. The molecule has 1 aliphatic rings. The van der Waals surface area contributed by atoms with E-state index in [-0.39, 0.29) is 11.8 Å². The molecule has 6 heteroatoms. The molecule has 1 saturated heterocycles. The highest BCUT2D eigenvalue weighted by atomic mass is 16.2. The summed E-state index contributed by atoms with van der Waals surface area (Å²) in [5, 5.41) is 7.12. The van der Waals surface area contributed by atoms with Crippen molar-refractivity contribution in [1.29, 1.82) is 0 Å². The number of amides is 2. The molecular weight excluding hydrogens is 256 g/mol. The molecule has 1 aromatic rings. The Morgan fingerprint density at radius 3 is 2.80 bits per heavy atom. The maximum atomic E-state index is 12.5. The molecule has 1 aromatic heterocycles. The molecule has 6 nitrogen and oxygen atoms in total. The maximum absolute atomic E-state index is 12.5. The lowest BCUT2D eigenvalue weighted by Crippen LogP contribution is -2.45. The first-order valence-electron chi connectivity index (χ1n) is 7.02. The van der Waals surface area contributed by atoms with Gasteiger partial charge in [-0.05, 0) is 18.4 Å². The second-order valence-electron chi connectivity index (χ2n) is 5.74. The number of nitrogens with one attached hydrogen (secondary N) is 1. The van der Waals surface area contributed by atoms with Crippen molar-refractivity contribution in [1.82, 2.24) is 20.0 Å². The van der Waals surface area contributed by atoms with Crippen molar-refractivity contribution in [3.8, 4) is 0 Å². The van der Waals surface area contributed by atoms with Gasteiger partial charge in [-0.15, -0.1) is 0 Å². The normalized spacial score (nSPS) is 20.2. The van der Waals surface area contributed by atoms with Gasteiger partial charge >= 0.3 is 0 Å². The van der Waals surface area contributed by atoms with Gasteiger partial charge in [-0.1, -0.05) is 13.8 Å². The number of rotatable bonds is 4. The topological polar surface area (TPSA) is 67.2 Å². The molecule has 20 heavy (non-hydrogen) atoms. The summed E-state index contributed by atoms with van der Waals surface area (Å²) >= 11 is 0. The molecule has 2 amide bonds. The third-order valence-electron chi connectivity index (χ3n) is 3.38. The predicted molar refractivity (Wildman–Crippen MR) is 74.6 cm³/mol. The van der Waals surface area contributed by atoms with Crippen molar-refractivity contribution in [3.05, 3.63) is 18.0 Å². The van der Waals surface area contributed by atoms with Crippen LogP contribution >= 0.6 is 0 Å². The number of aromatic nitrogens is 2. The van der Waals surface area contributed by atoms with Crippen molar-refractivity contribution in [2.45, 2.75) is 39.3 Å². The second-order valence-corrected chi connectivity index (χ2v) is 5.74. The Kier molecular flexibility index (Phi) is 4.42. The number of carbonyl (C=O) groups is 2. The Morgan fingerprint density at radius 1 is 1.45 bits per heavy atom. The highest BCUT2D eigenvalue weighted by Crippen LogP contribution is 2.14. The Bertz CT molecular complexity index is 495. The second kappa shape index (κ2) is 6.07. The van der Waals surface area contributed by atoms with Gasteiger partial charge in [0.1, 0.15) is 6.04 Å². The lowest BCUT2D eigenvalue weighted by molar-refractivity contribution is -0.134. The molecule has 0 radical (unpaired) electrons. The maximum Gasteiger partial charge on any atom is 0.245 e. The zero-order valence-electron chi connectivity index (χ0n) is 12.3. The number of hydrogen-bond donors (Lipinski definition) is 1. The standard InChI is InChI=1S/C14H22N4O2/c1-10(2)8-12-14(20)18(7-5-13(19)15-12)9-11-4-6-17(3)16-11/h4,6,10,12H,5,7-9H2,1-3H3,(H,15,19). The molecule has 2 heterocycles. The third kappa shape index (κ3) is 3.59. The predicted octanol–water partition coefficient (Wildman–Crippen LogP) is 0.683. The van der Waals surface area contributed by atoms with E-state index >= 15 is 0 Å². The fraction of sp³-hybridized carbons (Fsp3) is 0.643. The lowest BCUT2D eigenvalue weighted by Gasteiger charge is -2.24. The van der Waals surface area contributed by atoms with Gasteiger partial charge in [-0.3, -0.25) is 14.3 Å². The van der Waals surface area contributed by atoms with Crippen LogP contribution in [0.15, 0.2) is 12.3 Å². The molecule has 1 atom stereocenters. The van der Waals surface area contributed by atoms with E-state index in [1.807, 2.05) is 33.2 Å². The first-order chi connectivity index (χ1) is 9.45. The van der Waals surface area contributed by atoms with Crippen LogP contribution in [0.2, 0.25) is 0 Å². The van der Waals surface area contributed by atoms with E-state index in [4.69, 9.17) is 0 Å². The van der Waals surface area contributed by atoms with Gasteiger partial charge in [0.15, 0.2) is 0 Å². The van der Waals surface area contributed by atoms with Crippen LogP contribution in [0.3, 0.4) is 0 Å². The van der Waals surface area contributed by atoms with Crippen LogP contribution in [0.1, 0.15) is 32.4 Å². The number of nitrogens with zero attached hydrogens (tertiary/aromatic N) is 3. The third-order valence-corrected chi connectivity index (χ3v) is 3.38. The van der Waals surface area contributed by atoms with E-state index in [2.05, 4.69) is 10.4 Å². The van der Waals surface area contributed by atoms with Gasteiger partial charge in [-0.25, -0.2) is 0 Å². The molecule has 110 valence electrons. The number of hydrogen-bond acceptors (Lipinski definition) is 3. The van der Waals surface area contributed by atoms with E-state index < -0.39 is 6.04 Å². The summed E-state index contributed by atoms with van der Waals surface area (Å²) in [6.45, 7) is 5.01. The average Bonchev–Trinajstić information content (AvgIpc) is 2.72. The zero-order valence-corrected chi connectivity index (χ0v) is 12.3. The van der Waals surface area contributed by atoms with Crippen molar-refractivity contribution >= 4 is 11.8 Å². The summed E-state index contributed by atoms with van der Waals surface area (Å²) in [6.07, 6.45) is 2.88. The molecule has 0 bridgehead atoms. The van der Waals surface area contributed by atoms with Gasteiger partial charge in [-0.2, -0.15) is 5.10 Å². The van der Waals surface area contributed by atoms with E-state index in [1.165, 1.54) is 0 Å². The quantitative estimate of drug-likeness (QED) is 0.881. The minimum absolute atomic E-state index is 0.00444. The minimum atomic E-state index is -0.409. The minimum Gasteiger partial charge on any atom is -0.344 e. The SMILES string of the molecule is CC(C)CC1NC(=O)CCN(Cc2ccn(C)n2)C1=O. The van der Waals surface area contributed by atoms with Crippen LogP contribution in [0.5, 0.6) is 0 Å². The highest BCUT2D eigenvalue weighted by molar-refractivity contribution is 5.89. The molecule has 2 rings (SSSR count). The Hall–Kier alpha value is -1.85. The largest absolute Gasteiger partial charge is 0.344 e. The molecule has 1 N–H and O–H groups in total. The lowest BCUT2D eigenvalue weighted by atomic mass is 10.0. The fourth-order valence-corrected chi connectivity index (χ4v) is 2.43. The van der Waals surface area contributed by atoms with Crippen LogP contribution in [-0.4, -0.2) is 39.1 Å². The summed E-state index contributed by atoms with van der Waals surface area (Å²) in [7, 11) is 1.85. The van der Waals surface area contributed by atoms with E-state index in [0.717, 1.165) is 5.69 Å². The molecule has 1 unspecified atom stereocenters. The van der Waals surface area contributed by atoms with Gasteiger partial charge in [0, 0.05) is 26.2 Å². The first-order valence-corrected chi connectivity index (χ1v) is 7.02. The monoisotopic (exact) mass is 278 g/mol. The van der Waals surface area contributed by atoms with E-state index in [9.17, 15) is 9.59 Å². The summed E-state index contributed by atoms with van der Waals surface area (Å²) in [5.74, 6) is 0.307. The summed E-state index contributed by atoms with van der Waals surface area (Å²) in [4.78, 5) is 26.0. The number of aryl methyl sites for hydroxylation is 1. The van der Waals surface area contributed by atoms with Gasteiger partial charge in [0.2, 0.25) is 11.8 Å².